The Morgan fingerprint density at radius 2 is 1.45 bits per heavy atom. The van der Waals surface area contributed by atoms with Crippen LogP contribution < -0.4 is 4.18 Å². The monoisotopic (exact) mass is 734 g/mol. The third-order valence-corrected chi connectivity index (χ3v) is 13.0. The number of benzene rings is 1. The third-order valence-electron chi connectivity index (χ3n) is 11.7. The van der Waals surface area contributed by atoms with Gasteiger partial charge in [-0.15, -0.1) is 0 Å². The Morgan fingerprint density at radius 3 is 2.04 bits per heavy atom. The summed E-state index contributed by atoms with van der Waals surface area (Å²) in [5.74, 6) is -16.3. The average molecular weight is 735 g/mol. The zero-order valence-electron chi connectivity index (χ0n) is 27.1. The summed E-state index contributed by atoms with van der Waals surface area (Å²) in [5, 5.41) is 4.15. The van der Waals surface area contributed by atoms with Crippen molar-refractivity contribution in [3.8, 4) is 5.75 Å². The van der Waals surface area contributed by atoms with E-state index in [2.05, 4.69) is 18.0 Å². The molecule has 6 rings (SSSR count). The molecule has 5 aliphatic rings. The maximum Gasteiger partial charge on any atom is 0.460 e. The highest BCUT2D eigenvalue weighted by Gasteiger charge is 2.86. The summed E-state index contributed by atoms with van der Waals surface area (Å²) < 4.78 is 162. The Labute approximate surface area is 278 Å². The number of aliphatic hydroxyl groups excluding tert-OH is 1. The highest BCUT2D eigenvalue weighted by molar-refractivity contribution is 7.88. The number of allylic oxidation sites excluding steroid dienone is 2. The van der Waals surface area contributed by atoms with Crippen LogP contribution in [0.4, 0.5) is 39.5 Å². The third kappa shape index (κ3) is 5.69. The lowest BCUT2D eigenvalue weighted by molar-refractivity contribution is -0.382. The summed E-state index contributed by atoms with van der Waals surface area (Å²) in [5.41, 5.74) is 2.47. The second-order valence-corrected chi connectivity index (χ2v) is 17.0. The first-order chi connectivity index (χ1) is 22.4. The molecule has 6 atom stereocenters. The summed E-state index contributed by atoms with van der Waals surface area (Å²) in [4.78, 5) is 0. The molecular formula is C33H39F9O6S. The van der Waals surface area contributed by atoms with E-state index in [1.54, 1.807) is 0 Å². The molecule has 0 aromatic heterocycles. The fourth-order valence-corrected chi connectivity index (χ4v) is 9.86. The molecule has 6 nitrogen and oxygen atoms in total. The quantitative estimate of drug-likeness (QED) is 0.180. The molecule has 1 aromatic carbocycles. The van der Waals surface area contributed by atoms with Gasteiger partial charge in [0.2, 0.25) is 0 Å². The number of rotatable bonds is 6. The first kappa shape index (κ1) is 36.7. The van der Waals surface area contributed by atoms with E-state index in [-0.39, 0.29) is 29.1 Å². The predicted molar refractivity (Wildman–Crippen MR) is 157 cm³/mol. The molecule has 49 heavy (non-hydrogen) atoms. The number of ether oxygens (including phenoxy) is 2. The van der Waals surface area contributed by atoms with Crippen molar-refractivity contribution in [3.05, 3.63) is 41.0 Å². The van der Waals surface area contributed by atoms with Crippen molar-refractivity contribution in [3.63, 3.8) is 0 Å². The molecule has 3 saturated carbocycles. The zero-order valence-corrected chi connectivity index (χ0v) is 27.9. The van der Waals surface area contributed by atoms with Crippen LogP contribution in [0, 0.1) is 28.6 Å². The minimum atomic E-state index is -7.39. The number of alkyl halides is 9. The standard InChI is InChI=1S/C33H39F9O6S/c1-27(2)16-46-29(47-17-27)13-12-21-19(14-29)6-9-22-24-10-11-25(43)28(24,3)15-23(26(21)22)18-4-7-20(8-5-18)48-49(44,45)33(41,42)31(36,37)30(34,35)32(38,39)40/h4-5,7-8,19,22-25,43H,6,9-17H2,1-3H3. The van der Waals surface area contributed by atoms with Crippen LogP contribution >= 0.6 is 0 Å². The average Bonchev–Trinajstić information content (AvgIpc) is 3.31. The Kier molecular flexibility index (Phi) is 8.61. The molecule has 6 unspecified atom stereocenters. The van der Waals surface area contributed by atoms with Crippen molar-refractivity contribution in [1.29, 1.82) is 0 Å². The van der Waals surface area contributed by atoms with E-state index in [0.717, 1.165) is 31.4 Å². The van der Waals surface area contributed by atoms with Gasteiger partial charge in [0.05, 0.1) is 19.3 Å². The Hall–Kier alpha value is -2.04. The normalized spacial score (nSPS) is 33.5. The molecule has 1 spiro atoms. The van der Waals surface area contributed by atoms with Gasteiger partial charge < -0.3 is 18.8 Å². The van der Waals surface area contributed by atoms with Gasteiger partial charge in [0.15, 0.2) is 5.79 Å². The molecular weight excluding hydrogens is 695 g/mol. The molecule has 1 aromatic rings. The van der Waals surface area contributed by atoms with Crippen molar-refractivity contribution in [1.82, 2.24) is 0 Å². The van der Waals surface area contributed by atoms with Gasteiger partial charge in [-0.2, -0.15) is 47.9 Å². The van der Waals surface area contributed by atoms with E-state index in [9.17, 15) is 53.0 Å². The molecule has 1 saturated heterocycles. The first-order valence-electron chi connectivity index (χ1n) is 16.3. The van der Waals surface area contributed by atoms with E-state index >= 15 is 0 Å². The lowest BCUT2D eigenvalue weighted by atomic mass is 9.52. The smallest absolute Gasteiger partial charge is 0.393 e. The van der Waals surface area contributed by atoms with Gasteiger partial charge in [-0.3, -0.25) is 0 Å². The summed E-state index contributed by atoms with van der Waals surface area (Å²) in [7, 11) is -7.07. The fourth-order valence-electron chi connectivity index (χ4n) is 8.95. The highest BCUT2D eigenvalue weighted by atomic mass is 32.2. The van der Waals surface area contributed by atoms with E-state index in [1.165, 1.54) is 23.3 Å². The van der Waals surface area contributed by atoms with Gasteiger partial charge in [-0.05, 0) is 79.4 Å². The number of aliphatic hydroxyl groups is 1. The van der Waals surface area contributed by atoms with Crippen LogP contribution in [-0.4, -0.2) is 61.9 Å². The van der Waals surface area contributed by atoms with Crippen LogP contribution in [0.15, 0.2) is 35.4 Å². The second kappa shape index (κ2) is 11.5. The number of hydrogen-bond acceptors (Lipinski definition) is 6. The van der Waals surface area contributed by atoms with E-state index in [4.69, 9.17) is 9.47 Å². The zero-order chi connectivity index (χ0) is 36.2. The summed E-state index contributed by atoms with van der Waals surface area (Å²) >= 11 is 0. The Bertz CT molecular complexity index is 1580. The van der Waals surface area contributed by atoms with Gasteiger partial charge in [-0.1, -0.05) is 44.1 Å². The van der Waals surface area contributed by atoms with Gasteiger partial charge in [-0.25, -0.2) is 0 Å². The summed E-state index contributed by atoms with van der Waals surface area (Å²) in [6.45, 7) is 7.29. The van der Waals surface area contributed by atoms with Crippen molar-refractivity contribution in [2.24, 2.45) is 28.6 Å². The largest absolute Gasteiger partial charge is 0.460 e. The van der Waals surface area contributed by atoms with Gasteiger partial charge in [0.1, 0.15) is 5.75 Å². The molecule has 0 radical (unpaired) electrons. The minimum absolute atomic E-state index is 0.107. The molecule has 1 heterocycles. The molecule has 1 N–H and O–H groups in total. The van der Waals surface area contributed by atoms with Crippen LogP contribution in [-0.2, 0) is 19.6 Å². The second-order valence-electron chi connectivity index (χ2n) is 15.4. The molecule has 16 heteroatoms. The number of fused-ring (bicyclic) bond motifs is 4. The van der Waals surface area contributed by atoms with E-state index in [1.807, 2.05) is 6.92 Å². The lowest BCUT2D eigenvalue weighted by Gasteiger charge is -2.55. The van der Waals surface area contributed by atoms with Crippen LogP contribution in [0.5, 0.6) is 5.75 Å². The lowest BCUT2D eigenvalue weighted by Crippen LogP contribution is -2.63. The van der Waals surface area contributed by atoms with E-state index < -0.39 is 56.4 Å². The maximum atomic E-state index is 14.3. The number of hydrogen-bond donors (Lipinski definition) is 1. The molecule has 276 valence electrons. The minimum Gasteiger partial charge on any atom is -0.393 e. The SMILES string of the molecule is CC1(C)COC2(CCC3=C4C(c5ccc(OS(=O)(=O)C(F)(F)C(F)(F)C(F)(F)C(F)(F)F)cc5)CC5(C)C(O)CCC5C4CCC3C2)OC1. The first-order valence-corrected chi connectivity index (χ1v) is 17.7. The van der Waals surface area contributed by atoms with E-state index in [0.29, 0.717) is 50.9 Å². The Balaban J connectivity index is 1.30. The van der Waals surface area contributed by atoms with Crippen molar-refractivity contribution in [2.45, 2.75) is 113 Å². The topological polar surface area (TPSA) is 82.1 Å². The predicted octanol–water partition coefficient (Wildman–Crippen LogP) is 8.36. The van der Waals surface area contributed by atoms with Crippen molar-refractivity contribution >= 4 is 10.1 Å². The molecule has 4 fully saturated rings. The van der Waals surface area contributed by atoms with Crippen LogP contribution in [0.1, 0.15) is 83.6 Å². The van der Waals surface area contributed by atoms with Crippen LogP contribution in [0.3, 0.4) is 0 Å². The summed E-state index contributed by atoms with van der Waals surface area (Å²) in [6, 6.07) is 4.39. The maximum absolute atomic E-state index is 14.3. The van der Waals surface area contributed by atoms with Crippen LogP contribution in [0.25, 0.3) is 0 Å². The van der Waals surface area contributed by atoms with Gasteiger partial charge in [0, 0.05) is 24.2 Å². The van der Waals surface area contributed by atoms with Crippen LogP contribution in [0.2, 0.25) is 0 Å². The highest BCUT2D eigenvalue weighted by Crippen LogP contribution is 2.65. The molecule has 1 aliphatic heterocycles. The molecule has 4 aliphatic carbocycles. The van der Waals surface area contributed by atoms with Crippen molar-refractivity contribution in [2.75, 3.05) is 13.2 Å². The molecule has 0 amide bonds. The van der Waals surface area contributed by atoms with Gasteiger partial charge in [0.25, 0.3) is 0 Å². The molecule has 0 bridgehead atoms. The van der Waals surface area contributed by atoms with Gasteiger partial charge >= 0.3 is 33.4 Å². The number of halogens is 9. The Morgan fingerprint density at radius 1 is 0.837 bits per heavy atom. The van der Waals surface area contributed by atoms with Crippen molar-refractivity contribution < 1.29 is 66.7 Å². The fraction of sp³-hybridized carbons (Fsp3) is 0.758. The summed E-state index contributed by atoms with van der Waals surface area (Å²) in [6.07, 6.45) is -2.06.